The number of thioether (sulfide) groups is 1. The van der Waals surface area contributed by atoms with Crippen LogP contribution in [0.2, 0.25) is 0 Å². The topological polar surface area (TPSA) is 42.3 Å². The zero-order valence-corrected chi connectivity index (χ0v) is 17.0. The molecule has 0 saturated heterocycles. The van der Waals surface area contributed by atoms with Crippen molar-refractivity contribution in [3.63, 3.8) is 0 Å². The van der Waals surface area contributed by atoms with Crippen molar-refractivity contribution in [2.75, 3.05) is 0 Å². The number of hydrogen-bond donors (Lipinski definition) is 0. The first-order chi connectivity index (χ1) is 12.6. The van der Waals surface area contributed by atoms with Crippen LogP contribution in [0, 0.1) is 0 Å². The quantitative estimate of drug-likeness (QED) is 0.534. The zero-order chi connectivity index (χ0) is 19.8. The van der Waals surface area contributed by atoms with Crippen molar-refractivity contribution >= 4 is 38.6 Å². The smallest absolute Gasteiger partial charge is 0.271 e. The van der Waals surface area contributed by atoms with Crippen LogP contribution in [0.5, 0.6) is 0 Å². The molecule has 0 aliphatic carbocycles. The Kier molecular flexibility index (Phi) is 5.49. The molecule has 0 N–H and O–H groups in total. The van der Waals surface area contributed by atoms with Gasteiger partial charge in [0.1, 0.15) is 9.35 Å². The minimum absolute atomic E-state index is 0.209. The Labute approximate surface area is 167 Å². The maximum Gasteiger partial charge on any atom is 0.416 e. The molecule has 0 spiro atoms. The molecule has 2 aromatic rings. The highest BCUT2D eigenvalue weighted by molar-refractivity contribution is 9.10. The van der Waals surface area contributed by atoms with E-state index in [-0.39, 0.29) is 17.9 Å². The summed E-state index contributed by atoms with van der Waals surface area (Å²) >= 11 is 4.58. The molecule has 1 unspecified atom stereocenters. The number of pyridine rings is 1. The lowest BCUT2D eigenvalue weighted by Crippen LogP contribution is -2.24. The van der Waals surface area contributed by atoms with Gasteiger partial charge in [-0.25, -0.2) is 9.98 Å². The van der Waals surface area contributed by atoms with E-state index in [1.807, 2.05) is 0 Å². The van der Waals surface area contributed by atoms with E-state index >= 15 is 0 Å². The summed E-state index contributed by atoms with van der Waals surface area (Å²) < 4.78 is 39.5. The summed E-state index contributed by atoms with van der Waals surface area (Å²) in [4.78, 5) is 20.7. The number of carbonyl (C=O) groups is 1. The second-order valence-electron chi connectivity index (χ2n) is 6.50. The van der Waals surface area contributed by atoms with Gasteiger partial charge in [-0.15, -0.1) is 0 Å². The highest BCUT2D eigenvalue weighted by Gasteiger charge is 2.43. The number of rotatable bonds is 4. The number of aromatic nitrogens is 1. The van der Waals surface area contributed by atoms with E-state index in [4.69, 9.17) is 0 Å². The fraction of sp³-hybridized carbons (Fsp3) is 0.316. The summed E-state index contributed by atoms with van der Waals surface area (Å²) in [6.07, 6.45) is -2.55. The van der Waals surface area contributed by atoms with E-state index in [1.54, 1.807) is 38.2 Å². The molecule has 0 radical (unpaired) electrons. The van der Waals surface area contributed by atoms with E-state index in [0.29, 0.717) is 9.65 Å². The average molecular weight is 457 g/mol. The highest BCUT2D eigenvalue weighted by Crippen LogP contribution is 2.46. The molecule has 3 rings (SSSR count). The number of benzene rings is 1. The first kappa shape index (κ1) is 20.1. The normalized spacial score (nSPS) is 21.3. The van der Waals surface area contributed by atoms with E-state index in [0.717, 1.165) is 11.6 Å². The summed E-state index contributed by atoms with van der Waals surface area (Å²) in [5, 5.41) is 0.542. The molecule has 2 heterocycles. The van der Waals surface area contributed by atoms with Crippen molar-refractivity contribution in [1.29, 1.82) is 0 Å². The third-order valence-corrected chi connectivity index (χ3v) is 6.26. The third kappa shape index (κ3) is 4.11. The second kappa shape index (κ2) is 7.39. The molecule has 1 aromatic carbocycles. The molecule has 8 heteroatoms. The van der Waals surface area contributed by atoms with Crippen molar-refractivity contribution in [2.45, 2.75) is 37.1 Å². The molecule has 0 saturated carbocycles. The van der Waals surface area contributed by atoms with Gasteiger partial charge in [0.25, 0.3) is 5.91 Å². The molecule has 27 heavy (non-hydrogen) atoms. The average Bonchev–Trinajstić information content (AvgIpc) is 2.89. The lowest BCUT2D eigenvalue weighted by molar-refractivity contribution is -0.138. The van der Waals surface area contributed by atoms with Gasteiger partial charge in [-0.3, -0.25) is 4.79 Å². The number of carbonyl (C=O) groups excluding carboxylic acids is 1. The monoisotopic (exact) mass is 456 g/mol. The van der Waals surface area contributed by atoms with Crippen molar-refractivity contribution in [2.24, 2.45) is 4.99 Å². The van der Waals surface area contributed by atoms with Gasteiger partial charge in [-0.1, -0.05) is 36.9 Å². The Morgan fingerprint density at radius 3 is 2.63 bits per heavy atom. The second-order valence-corrected chi connectivity index (χ2v) is 8.81. The number of amides is 1. The largest absolute Gasteiger partial charge is 0.416 e. The highest BCUT2D eigenvalue weighted by atomic mass is 79.9. The van der Waals surface area contributed by atoms with Gasteiger partial charge >= 0.3 is 6.18 Å². The van der Waals surface area contributed by atoms with Gasteiger partial charge in [-0.05, 0) is 58.1 Å². The molecule has 1 aromatic heterocycles. The molecule has 3 nitrogen and oxygen atoms in total. The molecule has 0 fully saturated rings. The van der Waals surface area contributed by atoms with Crippen molar-refractivity contribution in [3.8, 4) is 0 Å². The number of aliphatic imine (C=N–C) groups is 1. The molecular formula is C19H16BrF3N2OS. The minimum atomic E-state index is -4.41. The van der Waals surface area contributed by atoms with Crippen molar-refractivity contribution < 1.29 is 18.0 Å². The van der Waals surface area contributed by atoms with Crippen LogP contribution in [0.3, 0.4) is 0 Å². The summed E-state index contributed by atoms with van der Waals surface area (Å²) in [5.41, 5.74) is 0.315. The molecule has 1 aliphatic heterocycles. The molecule has 2 atom stereocenters. The Morgan fingerprint density at radius 2 is 1.96 bits per heavy atom. The van der Waals surface area contributed by atoms with Crippen LogP contribution < -0.4 is 0 Å². The Hall–Kier alpha value is -1.67. The van der Waals surface area contributed by atoms with Crippen LogP contribution in [0.15, 0.2) is 52.2 Å². The van der Waals surface area contributed by atoms with Crippen LogP contribution in [0.25, 0.3) is 0 Å². The number of halogens is 4. The number of alkyl halides is 3. The summed E-state index contributed by atoms with van der Waals surface area (Å²) in [5.74, 6) is -0.731. The SMILES string of the molecule is C[C@H](CC1=NC(=O)C(C)(c2ccnc(Br)c2)S1)c1ccccc1C(F)(F)F. The molecule has 142 valence electrons. The van der Waals surface area contributed by atoms with Crippen LogP contribution in [-0.2, 0) is 15.7 Å². The molecular weight excluding hydrogens is 441 g/mol. The maximum absolute atomic E-state index is 13.3. The Bertz CT molecular complexity index is 916. The minimum Gasteiger partial charge on any atom is -0.271 e. The van der Waals surface area contributed by atoms with Gasteiger partial charge in [0.05, 0.1) is 10.6 Å². The van der Waals surface area contributed by atoms with Gasteiger partial charge in [-0.2, -0.15) is 13.2 Å². The van der Waals surface area contributed by atoms with E-state index in [1.165, 1.54) is 23.9 Å². The van der Waals surface area contributed by atoms with Crippen LogP contribution in [-0.4, -0.2) is 15.9 Å². The van der Waals surface area contributed by atoms with Crippen molar-refractivity contribution in [3.05, 3.63) is 63.9 Å². The lowest BCUT2D eigenvalue weighted by Gasteiger charge is -2.22. The Balaban J connectivity index is 1.82. The van der Waals surface area contributed by atoms with Crippen LogP contribution in [0.1, 0.15) is 42.9 Å². The number of nitrogens with zero attached hydrogens (tertiary/aromatic N) is 2. The first-order valence-electron chi connectivity index (χ1n) is 8.20. The summed E-state index contributed by atoms with van der Waals surface area (Å²) in [6, 6.07) is 9.04. The van der Waals surface area contributed by atoms with Crippen LogP contribution >= 0.6 is 27.7 Å². The number of hydrogen-bond acceptors (Lipinski definition) is 3. The Morgan fingerprint density at radius 1 is 1.26 bits per heavy atom. The third-order valence-electron chi connectivity index (χ3n) is 4.51. The van der Waals surface area contributed by atoms with Gasteiger partial charge in [0.2, 0.25) is 0 Å². The first-order valence-corrected chi connectivity index (χ1v) is 9.81. The predicted molar refractivity (Wildman–Crippen MR) is 104 cm³/mol. The van der Waals surface area contributed by atoms with Gasteiger partial charge in [0, 0.05) is 12.6 Å². The van der Waals surface area contributed by atoms with Gasteiger partial charge in [0.15, 0.2) is 0 Å². The maximum atomic E-state index is 13.3. The van der Waals surface area contributed by atoms with Crippen molar-refractivity contribution in [1.82, 2.24) is 4.98 Å². The predicted octanol–water partition coefficient (Wildman–Crippen LogP) is 5.94. The standard InChI is InChI=1S/C19H16BrF3N2OS/c1-11(13-5-3-4-6-14(13)19(21,22)23)9-16-25-17(26)18(2,27-16)12-7-8-24-15(20)10-12/h3-8,10-11H,9H2,1-2H3/t11-,18?/m1/s1. The molecule has 1 aliphatic rings. The van der Waals surface area contributed by atoms with Crippen LogP contribution in [0.4, 0.5) is 13.2 Å². The van der Waals surface area contributed by atoms with E-state index in [9.17, 15) is 18.0 Å². The molecule has 1 amide bonds. The van der Waals surface area contributed by atoms with Gasteiger partial charge < -0.3 is 0 Å². The zero-order valence-electron chi connectivity index (χ0n) is 14.5. The summed E-state index contributed by atoms with van der Waals surface area (Å²) in [6.45, 7) is 3.49. The fourth-order valence-corrected chi connectivity index (χ4v) is 4.72. The fourth-order valence-electron chi connectivity index (χ4n) is 3.05. The van der Waals surface area contributed by atoms with E-state index in [2.05, 4.69) is 25.9 Å². The lowest BCUT2D eigenvalue weighted by atomic mass is 9.93. The summed E-state index contributed by atoms with van der Waals surface area (Å²) in [7, 11) is 0. The van der Waals surface area contributed by atoms with E-state index < -0.39 is 22.4 Å². The molecule has 0 bridgehead atoms.